The first-order valence-corrected chi connectivity index (χ1v) is 10.3. The number of benzene rings is 2. The molecule has 4 nitrogen and oxygen atoms in total. The first-order chi connectivity index (χ1) is 13.6. The van der Waals surface area contributed by atoms with Crippen molar-refractivity contribution in [3.8, 4) is 0 Å². The maximum atomic E-state index is 12.5. The second-order valence-electron chi connectivity index (χ2n) is 7.06. The van der Waals surface area contributed by atoms with E-state index in [2.05, 4.69) is 29.6 Å². The number of aromatic carboxylic acids is 1. The fraction of sp³-hybridized carbons (Fsp3) is 0.217. The van der Waals surface area contributed by atoms with Gasteiger partial charge in [0.25, 0.3) is 5.91 Å². The van der Waals surface area contributed by atoms with Gasteiger partial charge in [0.1, 0.15) is 5.00 Å². The van der Waals surface area contributed by atoms with Gasteiger partial charge in [-0.2, -0.15) is 0 Å². The van der Waals surface area contributed by atoms with E-state index in [1.165, 1.54) is 22.5 Å². The van der Waals surface area contributed by atoms with Crippen molar-refractivity contribution < 1.29 is 14.7 Å². The summed E-state index contributed by atoms with van der Waals surface area (Å²) in [6, 6.07) is 17.3. The molecule has 5 heteroatoms. The van der Waals surface area contributed by atoms with E-state index in [1.807, 2.05) is 11.4 Å². The van der Waals surface area contributed by atoms with Crippen LogP contribution in [0.5, 0.6) is 0 Å². The van der Waals surface area contributed by atoms with Crippen molar-refractivity contribution in [2.45, 2.75) is 31.6 Å². The lowest BCUT2D eigenvalue weighted by Crippen LogP contribution is -2.14. The summed E-state index contributed by atoms with van der Waals surface area (Å²) in [5.41, 5.74) is 4.31. The largest absolute Gasteiger partial charge is 0.478 e. The lowest BCUT2D eigenvalue weighted by Gasteiger charge is -2.14. The van der Waals surface area contributed by atoms with Gasteiger partial charge < -0.3 is 10.4 Å². The monoisotopic (exact) mass is 391 g/mol. The minimum absolute atomic E-state index is 0.178. The molecule has 0 bridgehead atoms. The number of anilines is 1. The van der Waals surface area contributed by atoms with Crippen LogP contribution in [0.1, 0.15) is 56.2 Å². The Hall–Kier alpha value is -2.92. The number of carboxylic acid groups (broad SMARTS) is 1. The number of hydrogen-bond acceptors (Lipinski definition) is 3. The Morgan fingerprint density at radius 3 is 2.14 bits per heavy atom. The molecule has 1 aromatic heterocycles. The van der Waals surface area contributed by atoms with E-state index in [-0.39, 0.29) is 17.4 Å². The van der Waals surface area contributed by atoms with E-state index < -0.39 is 5.97 Å². The summed E-state index contributed by atoms with van der Waals surface area (Å²) in [6.45, 7) is 0. The number of aryl methyl sites for hydroxylation is 2. The number of carbonyl (C=O) groups excluding carboxylic acids is 1. The summed E-state index contributed by atoms with van der Waals surface area (Å²) in [4.78, 5) is 24.5. The molecule has 1 aliphatic carbocycles. The minimum atomic E-state index is -0.985. The first kappa shape index (κ1) is 18.4. The average Bonchev–Trinajstić information content (AvgIpc) is 3.00. The molecular formula is C23H21NO3S. The van der Waals surface area contributed by atoms with Crippen LogP contribution >= 0.6 is 11.3 Å². The Morgan fingerprint density at radius 1 is 0.929 bits per heavy atom. The van der Waals surface area contributed by atoms with Crippen LogP contribution in [0.2, 0.25) is 0 Å². The Morgan fingerprint density at radius 2 is 1.54 bits per heavy atom. The SMILES string of the molecule is O=C(Nc1scc(C2CCc3ccccc3CC2)c1C(=O)O)c1ccccc1. The molecule has 0 atom stereocenters. The van der Waals surface area contributed by atoms with Crippen LogP contribution in [-0.4, -0.2) is 17.0 Å². The van der Waals surface area contributed by atoms with Crippen molar-refractivity contribution in [2.75, 3.05) is 5.32 Å². The zero-order valence-corrected chi connectivity index (χ0v) is 16.2. The van der Waals surface area contributed by atoms with E-state index in [0.717, 1.165) is 31.2 Å². The van der Waals surface area contributed by atoms with Crippen molar-refractivity contribution in [3.05, 3.63) is 87.8 Å². The third-order valence-electron chi connectivity index (χ3n) is 5.38. The predicted octanol–water partition coefficient (Wildman–Crippen LogP) is 5.36. The highest BCUT2D eigenvalue weighted by Gasteiger charge is 2.27. The Balaban J connectivity index is 1.59. The molecule has 1 aliphatic rings. The van der Waals surface area contributed by atoms with Gasteiger partial charge in [0, 0.05) is 5.56 Å². The van der Waals surface area contributed by atoms with Gasteiger partial charge in [-0.3, -0.25) is 4.79 Å². The Kier molecular flexibility index (Phi) is 5.26. The molecule has 28 heavy (non-hydrogen) atoms. The van der Waals surface area contributed by atoms with Gasteiger partial charge in [0.15, 0.2) is 0 Å². The average molecular weight is 391 g/mol. The number of amides is 1. The fourth-order valence-electron chi connectivity index (χ4n) is 3.91. The van der Waals surface area contributed by atoms with Crippen LogP contribution in [-0.2, 0) is 12.8 Å². The molecule has 0 saturated heterocycles. The first-order valence-electron chi connectivity index (χ1n) is 9.41. The molecule has 0 spiro atoms. The van der Waals surface area contributed by atoms with Crippen molar-refractivity contribution in [1.29, 1.82) is 0 Å². The van der Waals surface area contributed by atoms with Crippen LogP contribution in [0, 0.1) is 0 Å². The summed E-state index contributed by atoms with van der Waals surface area (Å²) >= 11 is 1.30. The van der Waals surface area contributed by atoms with Crippen LogP contribution in [0.4, 0.5) is 5.00 Å². The third-order valence-corrected chi connectivity index (χ3v) is 6.29. The molecule has 3 aromatic rings. The van der Waals surface area contributed by atoms with Crippen molar-refractivity contribution in [3.63, 3.8) is 0 Å². The molecule has 0 aliphatic heterocycles. The Labute approximate surface area is 167 Å². The van der Waals surface area contributed by atoms with Crippen molar-refractivity contribution in [2.24, 2.45) is 0 Å². The molecule has 0 radical (unpaired) electrons. The summed E-state index contributed by atoms with van der Waals surface area (Å²) in [7, 11) is 0. The van der Waals surface area contributed by atoms with Crippen molar-refractivity contribution >= 4 is 28.2 Å². The van der Waals surface area contributed by atoms with E-state index in [0.29, 0.717) is 10.6 Å². The molecule has 0 saturated carbocycles. The Bertz CT molecular complexity index is 983. The normalized spacial score (nSPS) is 14.1. The van der Waals surface area contributed by atoms with Gasteiger partial charge >= 0.3 is 5.97 Å². The molecule has 4 rings (SSSR count). The van der Waals surface area contributed by atoms with Gasteiger partial charge in [0.2, 0.25) is 0 Å². The minimum Gasteiger partial charge on any atom is -0.478 e. The van der Waals surface area contributed by atoms with Gasteiger partial charge in [-0.15, -0.1) is 11.3 Å². The van der Waals surface area contributed by atoms with Gasteiger partial charge in [-0.05, 0) is 65.8 Å². The van der Waals surface area contributed by atoms with E-state index in [4.69, 9.17) is 0 Å². The van der Waals surface area contributed by atoms with Gasteiger partial charge in [-0.1, -0.05) is 42.5 Å². The van der Waals surface area contributed by atoms with Crippen LogP contribution < -0.4 is 5.32 Å². The summed E-state index contributed by atoms with van der Waals surface area (Å²) in [5, 5.41) is 15.0. The number of nitrogens with one attached hydrogen (secondary N) is 1. The van der Waals surface area contributed by atoms with Crippen LogP contribution in [0.3, 0.4) is 0 Å². The second-order valence-corrected chi connectivity index (χ2v) is 7.94. The van der Waals surface area contributed by atoms with E-state index >= 15 is 0 Å². The molecule has 2 aromatic carbocycles. The number of carboxylic acids is 1. The maximum absolute atomic E-state index is 12.5. The molecule has 1 amide bonds. The molecule has 142 valence electrons. The highest BCUT2D eigenvalue weighted by atomic mass is 32.1. The molecule has 0 fully saturated rings. The topological polar surface area (TPSA) is 66.4 Å². The highest BCUT2D eigenvalue weighted by molar-refractivity contribution is 7.15. The molecule has 2 N–H and O–H groups in total. The van der Waals surface area contributed by atoms with Gasteiger partial charge in [-0.25, -0.2) is 4.79 Å². The summed E-state index contributed by atoms with van der Waals surface area (Å²) in [6.07, 6.45) is 3.73. The molecule has 1 heterocycles. The molecule has 0 unspecified atom stereocenters. The van der Waals surface area contributed by atoms with Crippen LogP contribution in [0.25, 0.3) is 0 Å². The van der Waals surface area contributed by atoms with Gasteiger partial charge in [0.05, 0.1) is 5.56 Å². The fourth-order valence-corrected chi connectivity index (χ4v) is 4.94. The number of fused-ring (bicyclic) bond motifs is 1. The third kappa shape index (κ3) is 3.71. The van der Waals surface area contributed by atoms with Crippen molar-refractivity contribution in [1.82, 2.24) is 0 Å². The quantitative estimate of drug-likeness (QED) is 0.588. The summed E-state index contributed by atoms with van der Waals surface area (Å²) < 4.78 is 0. The second kappa shape index (κ2) is 7.98. The lowest BCUT2D eigenvalue weighted by atomic mass is 9.90. The zero-order chi connectivity index (χ0) is 19.5. The number of hydrogen-bond donors (Lipinski definition) is 2. The summed E-state index contributed by atoms with van der Waals surface area (Å²) in [5.74, 6) is -1.09. The zero-order valence-electron chi connectivity index (χ0n) is 15.4. The number of thiophene rings is 1. The van der Waals surface area contributed by atoms with E-state index in [9.17, 15) is 14.7 Å². The number of rotatable bonds is 4. The van der Waals surface area contributed by atoms with Crippen LogP contribution in [0.15, 0.2) is 60.0 Å². The maximum Gasteiger partial charge on any atom is 0.339 e. The number of carbonyl (C=O) groups is 2. The predicted molar refractivity (Wildman–Crippen MR) is 111 cm³/mol. The standard InChI is InChI=1S/C23H21NO3S/c25-21(18-8-2-1-3-9-18)24-22-20(23(26)27)19(14-28-22)17-12-10-15-6-4-5-7-16(15)11-13-17/h1-9,14,17H,10-13H2,(H,24,25)(H,26,27). The smallest absolute Gasteiger partial charge is 0.339 e. The lowest BCUT2D eigenvalue weighted by molar-refractivity contribution is 0.0696. The molecular weight excluding hydrogens is 370 g/mol. The van der Waals surface area contributed by atoms with E-state index in [1.54, 1.807) is 24.3 Å². The highest BCUT2D eigenvalue weighted by Crippen LogP contribution is 2.39.